The SMILES string of the molecule is Brc1cnccc1N(Cc1cccs1)C1CC1. The van der Waals surface area contributed by atoms with E-state index < -0.39 is 0 Å². The molecule has 2 aromatic rings. The Morgan fingerprint density at radius 2 is 2.29 bits per heavy atom. The van der Waals surface area contributed by atoms with E-state index in [-0.39, 0.29) is 0 Å². The first-order valence-electron chi connectivity index (χ1n) is 5.73. The summed E-state index contributed by atoms with van der Waals surface area (Å²) in [5, 5.41) is 2.14. The lowest BCUT2D eigenvalue weighted by molar-refractivity contribution is 0.800. The number of rotatable bonds is 4. The van der Waals surface area contributed by atoms with Crippen LogP contribution in [0.15, 0.2) is 40.4 Å². The van der Waals surface area contributed by atoms with Crippen LogP contribution in [0.4, 0.5) is 5.69 Å². The molecular formula is C13H13BrN2S. The number of anilines is 1. The molecule has 0 amide bonds. The Labute approximate surface area is 113 Å². The molecule has 0 aromatic carbocycles. The predicted octanol–water partition coefficient (Wildman–Crippen LogP) is 4.07. The smallest absolute Gasteiger partial charge is 0.0592 e. The summed E-state index contributed by atoms with van der Waals surface area (Å²) in [5.41, 5.74) is 1.26. The van der Waals surface area contributed by atoms with E-state index in [1.165, 1.54) is 23.4 Å². The maximum Gasteiger partial charge on any atom is 0.0592 e. The molecule has 2 nitrogen and oxygen atoms in total. The predicted molar refractivity (Wildman–Crippen MR) is 75.5 cm³/mol. The Morgan fingerprint density at radius 3 is 2.94 bits per heavy atom. The van der Waals surface area contributed by atoms with Gasteiger partial charge in [-0.25, -0.2) is 0 Å². The molecule has 0 aliphatic heterocycles. The van der Waals surface area contributed by atoms with E-state index in [0.717, 1.165) is 11.0 Å². The molecule has 88 valence electrons. The van der Waals surface area contributed by atoms with Gasteiger partial charge in [0.2, 0.25) is 0 Å². The Balaban J connectivity index is 1.88. The lowest BCUT2D eigenvalue weighted by Crippen LogP contribution is -2.24. The van der Waals surface area contributed by atoms with Crippen LogP contribution in [-0.4, -0.2) is 11.0 Å². The van der Waals surface area contributed by atoms with Gasteiger partial charge >= 0.3 is 0 Å². The Morgan fingerprint density at radius 1 is 1.41 bits per heavy atom. The molecule has 0 bridgehead atoms. The fraction of sp³-hybridized carbons (Fsp3) is 0.308. The summed E-state index contributed by atoms with van der Waals surface area (Å²) in [5.74, 6) is 0. The van der Waals surface area contributed by atoms with Gasteiger partial charge in [-0.2, -0.15) is 0 Å². The van der Waals surface area contributed by atoms with Crippen molar-refractivity contribution in [2.24, 2.45) is 0 Å². The van der Waals surface area contributed by atoms with Crippen molar-refractivity contribution in [3.8, 4) is 0 Å². The third-order valence-electron chi connectivity index (χ3n) is 2.95. The maximum atomic E-state index is 4.13. The van der Waals surface area contributed by atoms with Crippen molar-refractivity contribution in [2.75, 3.05) is 4.90 Å². The number of pyridine rings is 1. The average molecular weight is 309 g/mol. The van der Waals surface area contributed by atoms with Crippen LogP contribution in [0.5, 0.6) is 0 Å². The van der Waals surface area contributed by atoms with Crippen LogP contribution in [0.1, 0.15) is 17.7 Å². The van der Waals surface area contributed by atoms with Gasteiger partial charge in [0.25, 0.3) is 0 Å². The molecule has 0 spiro atoms. The third-order valence-corrected chi connectivity index (χ3v) is 4.43. The first-order chi connectivity index (χ1) is 8.34. The van der Waals surface area contributed by atoms with Gasteiger partial charge in [-0.3, -0.25) is 4.98 Å². The fourth-order valence-electron chi connectivity index (χ4n) is 1.97. The summed E-state index contributed by atoms with van der Waals surface area (Å²) in [7, 11) is 0. The number of nitrogens with zero attached hydrogens (tertiary/aromatic N) is 2. The zero-order valence-electron chi connectivity index (χ0n) is 9.34. The summed E-state index contributed by atoms with van der Waals surface area (Å²) in [6.07, 6.45) is 6.35. The largest absolute Gasteiger partial charge is 0.362 e. The zero-order valence-corrected chi connectivity index (χ0v) is 11.7. The molecule has 2 aromatic heterocycles. The van der Waals surface area contributed by atoms with Crippen molar-refractivity contribution in [2.45, 2.75) is 25.4 Å². The van der Waals surface area contributed by atoms with Crippen LogP contribution in [-0.2, 0) is 6.54 Å². The van der Waals surface area contributed by atoms with E-state index in [1.54, 1.807) is 0 Å². The van der Waals surface area contributed by atoms with Gasteiger partial charge in [-0.1, -0.05) is 6.07 Å². The van der Waals surface area contributed by atoms with Gasteiger partial charge in [0.1, 0.15) is 0 Å². The number of aromatic nitrogens is 1. The molecule has 0 atom stereocenters. The molecule has 3 rings (SSSR count). The molecule has 0 saturated heterocycles. The van der Waals surface area contributed by atoms with E-state index in [9.17, 15) is 0 Å². The third kappa shape index (κ3) is 2.53. The van der Waals surface area contributed by atoms with Crippen LogP contribution in [0.3, 0.4) is 0 Å². The van der Waals surface area contributed by atoms with Crippen molar-refractivity contribution in [1.29, 1.82) is 0 Å². The molecule has 1 fully saturated rings. The zero-order chi connectivity index (χ0) is 11.7. The highest BCUT2D eigenvalue weighted by molar-refractivity contribution is 9.10. The molecule has 1 aliphatic rings. The molecule has 2 heterocycles. The second kappa shape index (κ2) is 4.78. The van der Waals surface area contributed by atoms with Gasteiger partial charge in [0.15, 0.2) is 0 Å². The van der Waals surface area contributed by atoms with E-state index in [4.69, 9.17) is 0 Å². The molecular weight excluding hydrogens is 296 g/mol. The molecule has 17 heavy (non-hydrogen) atoms. The molecule has 1 aliphatic carbocycles. The topological polar surface area (TPSA) is 16.1 Å². The monoisotopic (exact) mass is 308 g/mol. The lowest BCUT2D eigenvalue weighted by Gasteiger charge is -2.25. The summed E-state index contributed by atoms with van der Waals surface area (Å²) in [6.45, 7) is 1.00. The maximum absolute atomic E-state index is 4.13. The van der Waals surface area contributed by atoms with Crippen molar-refractivity contribution in [3.05, 3.63) is 45.3 Å². The van der Waals surface area contributed by atoms with Gasteiger partial charge in [0.05, 0.1) is 16.7 Å². The molecule has 0 N–H and O–H groups in total. The van der Waals surface area contributed by atoms with Gasteiger partial charge in [-0.15, -0.1) is 11.3 Å². The van der Waals surface area contributed by atoms with Gasteiger partial charge in [0, 0.05) is 23.3 Å². The van der Waals surface area contributed by atoms with Crippen molar-refractivity contribution in [1.82, 2.24) is 4.98 Å². The number of hydrogen-bond acceptors (Lipinski definition) is 3. The van der Waals surface area contributed by atoms with Crippen LogP contribution >= 0.6 is 27.3 Å². The molecule has 4 heteroatoms. The number of hydrogen-bond donors (Lipinski definition) is 0. The summed E-state index contributed by atoms with van der Waals surface area (Å²) in [4.78, 5) is 8.03. The number of halogens is 1. The van der Waals surface area contributed by atoms with Crippen molar-refractivity contribution in [3.63, 3.8) is 0 Å². The van der Waals surface area contributed by atoms with Crippen LogP contribution < -0.4 is 4.90 Å². The van der Waals surface area contributed by atoms with Crippen LogP contribution in [0.2, 0.25) is 0 Å². The standard InChI is InChI=1S/C13H13BrN2S/c14-12-8-15-6-5-13(12)16(10-3-4-10)9-11-2-1-7-17-11/h1-2,5-8,10H,3-4,9H2. The highest BCUT2D eigenvalue weighted by atomic mass is 79.9. The Bertz CT molecular complexity index is 494. The van der Waals surface area contributed by atoms with Crippen LogP contribution in [0.25, 0.3) is 0 Å². The van der Waals surface area contributed by atoms with E-state index >= 15 is 0 Å². The first kappa shape index (κ1) is 11.2. The normalized spacial score (nSPS) is 14.9. The Kier molecular flexibility index (Phi) is 3.16. The Hall–Kier alpha value is -0.870. The summed E-state index contributed by atoms with van der Waals surface area (Å²) in [6, 6.07) is 7.12. The minimum Gasteiger partial charge on any atom is -0.362 e. The van der Waals surface area contributed by atoms with Gasteiger partial charge < -0.3 is 4.90 Å². The quantitative estimate of drug-likeness (QED) is 0.846. The molecule has 0 radical (unpaired) electrons. The van der Waals surface area contributed by atoms with E-state index in [0.29, 0.717) is 6.04 Å². The second-order valence-electron chi connectivity index (χ2n) is 4.27. The van der Waals surface area contributed by atoms with Crippen molar-refractivity contribution < 1.29 is 0 Å². The first-order valence-corrected chi connectivity index (χ1v) is 7.40. The highest BCUT2D eigenvalue weighted by Crippen LogP contribution is 2.36. The van der Waals surface area contributed by atoms with Crippen molar-refractivity contribution >= 4 is 33.0 Å². The number of thiophene rings is 1. The lowest BCUT2D eigenvalue weighted by atomic mass is 10.3. The highest BCUT2D eigenvalue weighted by Gasteiger charge is 2.30. The summed E-state index contributed by atoms with van der Waals surface area (Å²) >= 11 is 5.42. The molecule has 1 saturated carbocycles. The van der Waals surface area contributed by atoms with E-state index in [2.05, 4.69) is 49.4 Å². The second-order valence-corrected chi connectivity index (χ2v) is 6.15. The van der Waals surface area contributed by atoms with Crippen LogP contribution in [0, 0.1) is 0 Å². The molecule has 0 unspecified atom stereocenters. The minimum atomic E-state index is 0.704. The minimum absolute atomic E-state index is 0.704. The average Bonchev–Trinajstić information content (AvgIpc) is 3.05. The van der Waals surface area contributed by atoms with Gasteiger partial charge in [-0.05, 0) is 46.3 Å². The summed E-state index contributed by atoms with van der Waals surface area (Å²) < 4.78 is 1.09. The van der Waals surface area contributed by atoms with E-state index in [1.807, 2.05) is 23.7 Å². The fourth-order valence-corrected chi connectivity index (χ4v) is 3.15.